The maximum Gasteiger partial charge on any atom is 0.0136 e. The van der Waals surface area contributed by atoms with Crippen LogP contribution < -0.4 is 0 Å². The lowest BCUT2D eigenvalue weighted by molar-refractivity contribution is 0.102. The summed E-state index contributed by atoms with van der Waals surface area (Å²) in [4.78, 5) is 2.77. The SMILES string of the molecule is c1ccc(CCN2C[C@@H]3CC[C@H]2Cc2ccccc2C3)cc1. The maximum atomic E-state index is 2.77. The zero-order chi connectivity index (χ0) is 14.8. The Morgan fingerprint density at radius 3 is 2.36 bits per heavy atom. The van der Waals surface area contributed by atoms with Gasteiger partial charge in [0, 0.05) is 19.1 Å². The lowest BCUT2D eigenvalue weighted by atomic mass is 9.80. The van der Waals surface area contributed by atoms with Crippen LogP contribution in [-0.2, 0) is 19.3 Å². The Morgan fingerprint density at radius 2 is 1.55 bits per heavy atom. The summed E-state index contributed by atoms with van der Waals surface area (Å²) in [5, 5.41) is 0. The molecule has 2 aromatic rings. The van der Waals surface area contributed by atoms with E-state index in [1.54, 1.807) is 11.1 Å². The molecule has 1 saturated heterocycles. The second-order valence-electron chi connectivity index (χ2n) is 7.00. The minimum atomic E-state index is 0.751. The highest BCUT2D eigenvalue weighted by atomic mass is 15.2. The number of piperidine rings is 1. The number of nitrogens with zero attached hydrogens (tertiary/aromatic N) is 1. The summed E-state index contributed by atoms with van der Waals surface area (Å²) >= 11 is 0. The first-order valence-electron chi connectivity index (χ1n) is 8.73. The predicted molar refractivity (Wildman–Crippen MR) is 92.1 cm³/mol. The fourth-order valence-electron chi connectivity index (χ4n) is 4.29. The van der Waals surface area contributed by atoms with E-state index in [0.717, 1.165) is 12.0 Å². The Bertz CT molecular complexity index is 619. The third-order valence-corrected chi connectivity index (χ3v) is 5.53. The van der Waals surface area contributed by atoms with Crippen LogP contribution in [0.15, 0.2) is 54.6 Å². The van der Waals surface area contributed by atoms with E-state index in [4.69, 9.17) is 0 Å². The van der Waals surface area contributed by atoms with Crippen molar-refractivity contribution in [3.05, 3.63) is 71.3 Å². The second-order valence-corrected chi connectivity index (χ2v) is 7.00. The van der Waals surface area contributed by atoms with Gasteiger partial charge in [0.1, 0.15) is 0 Å². The molecule has 2 bridgehead atoms. The zero-order valence-corrected chi connectivity index (χ0v) is 13.2. The molecular formula is C21H25N. The van der Waals surface area contributed by atoms with Crippen LogP contribution in [-0.4, -0.2) is 24.0 Å². The largest absolute Gasteiger partial charge is 0.299 e. The monoisotopic (exact) mass is 291 g/mol. The highest BCUT2D eigenvalue weighted by molar-refractivity contribution is 5.30. The quantitative estimate of drug-likeness (QED) is 0.822. The van der Waals surface area contributed by atoms with E-state index in [2.05, 4.69) is 59.5 Å². The molecule has 2 heterocycles. The summed E-state index contributed by atoms with van der Waals surface area (Å²) in [5.41, 5.74) is 4.68. The fourth-order valence-corrected chi connectivity index (χ4v) is 4.29. The number of hydrogen-bond acceptors (Lipinski definition) is 1. The lowest BCUT2D eigenvalue weighted by Crippen LogP contribution is -2.47. The first kappa shape index (κ1) is 14.0. The van der Waals surface area contributed by atoms with E-state index < -0.39 is 0 Å². The molecule has 0 N–H and O–H groups in total. The molecule has 0 spiro atoms. The van der Waals surface area contributed by atoms with Crippen LogP contribution in [0.3, 0.4) is 0 Å². The van der Waals surface area contributed by atoms with Crippen molar-refractivity contribution in [3.8, 4) is 0 Å². The van der Waals surface area contributed by atoms with Gasteiger partial charge in [-0.1, -0.05) is 54.6 Å². The summed E-state index contributed by atoms with van der Waals surface area (Å²) < 4.78 is 0. The summed E-state index contributed by atoms with van der Waals surface area (Å²) in [7, 11) is 0. The average molecular weight is 291 g/mol. The van der Waals surface area contributed by atoms with Crippen molar-refractivity contribution < 1.29 is 0 Å². The van der Waals surface area contributed by atoms with Gasteiger partial charge in [-0.3, -0.25) is 4.90 Å². The lowest BCUT2D eigenvalue weighted by Gasteiger charge is -2.42. The van der Waals surface area contributed by atoms with Crippen LogP contribution in [0.5, 0.6) is 0 Å². The Labute approximate surface area is 134 Å². The average Bonchev–Trinajstić information content (AvgIpc) is 2.54. The van der Waals surface area contributed by atoms with Gasteiger partial charge in [0.25, 0.3) is 0 Å². The number of hydrogen-bond donors (Lipinski definition) is 0. The van der Waals surface area contributed by atoms with Crippen molar-refractivity contribution in [3.63, 3.8) is 0 Å². The van der Waals surface area contributed by atoms with E-state index >= 15 is 0 Å². The van der Waals surface area contributed by atoms with Crippen molar-refractivity contribution in [1.82, 2.24) is 4.90 Å². The molecule has 1 heteroatoms. The molecule has 5 rings (SSSR count). The number of benzene rings is 2. The van der Waals surface area contributed by atoms with Gasteiger partial charge in [-0.05, 0) is 54.7 Å². The Kier molecular flexibility index (Phi) is 3.99. The molecule has 1 fully saturated rings. The van der Waals surface area contributed by atoms with Crippen molar-refractivity contribution in [2.24, 2.45) is 5.92 Å². The minimum absolute atomic E-state index is 0.751. The number of rotatable bonds is 3. The third kappa shape index (κ3) is 2.96. The number of fused-ring (bicyclic) bond motifs is 2. The molecule has 2 aliphatic heterocycles. The fraction of sp³-hybridized carbons (Fsp3) is 0.429. The van der Waals surface area contributed by atoms with E-state index in [-0.39, 0.29) is 0 Å². The summed E-state index contributed by atoms with van der Waals surface area (Å²) in [6.45, 7) is 2.51. The van der Waals surface area contributed by atoms with Crippen LogP contribution in [0.4, 0.5) is 0 Å². The predicted octanol–water partition coefficient (Wildman–Crippen LogP) is 4.11. The van der Waals surface area contributed by atoms with Gasteiger partial charge in [0.2, 0.25) is 0 Å². The normalized spacial score (nSPS) is 24.5. The van der Waals surface area contributed by atoms with Crippen LogP contribution in [0.2, 0.25) is 0 Å². The standard InChI is InChI=1S/C21H25N/c1-2-6-17(7-3-1)12-13-22-16-18-10-11-21(22)15-20-9-5-4-8-19(20)14-18/h1-9,18,21H,10-16H2/t18-,21+/m1/s1. The Hall–Kier alpha value is -1.60. The molecule has 1 aliphatic carbocycles. The van der Waals surface area contributed by atoms with Crippen molar-refractivity contribution >= 4 is 0 Å². The van der Waals surface area contributed by atoms with Gasteiger partial charge in [-0.25, -0.2) is 0 Å². The molecule has 0 aromatic heterocycles. The summed E-state index contributed by atoms with van der Waals surface area (Å²) in [5.74, 6) is 0.855. The highest BCUT2D eigenvalue weighted by Crippen LogP contribution is 2.32. The van der Waals surface area contributed by atoms with E-state index in [1.807, 2.05) is 0 Å². The molecule has 114 valence electrons. The highest BCUT2D eigenvalue weighted by Gasteiger charge is 2.31. The zero-order valence-electron chi connectivity index (χ0n) is 13.2. The summed E-state index contributed by atoms with van der Waals surface area (Å²) in [6.07, 6.45) is 6.52. The molecule has 22 heavy (non-hydrogen) atoms. The molecule has 0 radical (unpaired) electrons. The van der Waals surface area contributed by atoms with E-state index in [0.29, 0.717) is 0 Å². The van der Waals surface area contributed by atoms with Crippen LogP contribution >= 0.6 is 0 Å². The molecule has 3 aliphatic rings. The molecule has 1 nitrogen and oxygen atoms in total. The maximum absolute atomic E-state index is 2.77. The second kappa shape index (κ2) is 6.26. The van der Waals surface area contributed by atoms with Crippen molar-refractivity contribution in [2.75, 3.05) is 13.1 Å². The molecule has 2 aromatic carbocycles. The smallest absolute Gasteiger partial charge is 0.0136 e. The van der Waals surface area contributed by atoms with Gasteiger partial charge in [0.15, 0.2) is 0 Å². The third-order valence-electron chi connectivity index (χ3n) is 5.53. The molecule has 0 amide bonds. The van der Waals surface area contributed by atoms with Gasteiger partial charge in [0.05, 0.1) is 0 Å². The van der Waals surface area contributed by atoms with Crippen LogP contribution in [0, 0.1) is 5.92 Å². The molecule has 2 atom stereocenters. The first-order chi connectivity index (χ1) is 10.9. The van der Waals surface area contributed by atoms with Crippen molar-refractivity contribution in [1.29, 1.82) is 0 Å². The van der Waals surface area contributed by atoms with Crippen LogP contribution in [0.1, 0.15) is 29.5 Å². The van der Waals surface area contributed by atoms with E-state index in [1.165, 1.54) is 50.8 Å². The molecular weight excluding hydrogens is 266 g/mol. The van der Waals surface area contributed by atoms with Gasteiger partial charge in [-0.15, -0.1) is 0 Å². The minimum Gasteiger partial charge on any atom is -0.299 e. The summed E-state index contributed by atoms with van der Waals surface area (Å²) in [6, 6.07) is 20.8. The van der Waals surface area contributed by atoms with E-state index in [9.17, 15) is 0 Å². The van der Waals surface area contributed by atoms with Crippen LogP contribution in [0.25, 0.3) is 0 Å². The molecule has 0 unspecified atom stereocenters. The molecule has 0 saturated carbocycles. The Morgan fingerprint density at radius 1 is 0.818 bits per heavy atom. The first-order valence-corrected chi connectivity index (χ1v) is 8.73. The Balaban J connectivity index is 1.49. The van der Waals surface area contributed by atoms with Gasteiger partial charge >= 0.3 is 0 Å². The van der Waals surface area contributed by atoms with Gasteiger partial charge in [-0.2, -0.15) is 0 Å². The van der Waals surface area contributed by atoms with Crippen molar-refractivity contribution in [2.45, 2.75) is 38.1 Å². The topological polar surface area (TPSA) is 3.24 Å². The van der Waals surface area contributed by atoms with Gasteiger partial charge < -0.3 is 0 Å².